The summed E-state index contributed by atoms with van der Waals surface area (Å²) in [5.74, 6) is -1.05. The van der Waals surface area contributed by atoms with Crippen molar-refractivity contribution >= 4 is 32.8 Å². The average molecular weight is 253 g/mol. The van der Waals surface area contributed by atoms with Crippen LogP contribution in [0.5, 0.6) is 0 Å². The largest absolute Gasteiger partial charge is 0.476 e. The number of fused-ring (bicyclic) bond motifs is 1. The monoisotopic (exact) mass is 252 g/mol. The fraction of sp³-hybridized carbons (Fsp3) is 0. The minimum atomic E-state index is -1.05. The lowest BCUT2D eigenvalue weighted by Crippen LogP contribution is -2.02. The summed E-state index contributed by atoms with van der Waals surface area (Å²) < 4.78 is 0.764. The highest BCUT2D eigenvalue weighted by Crippen LogP contribution is 2.22. The summed E-state index contributed by atoms with van der Waals surface area (Å²) in [7, 11) is 0. The van der Waals surface area contributed by atoms with Gasteiger partial charge in [-0.1, -0.05) is 12.1 Å². The fourth-order valence-electron chi connectivity index (χ4n) is 1.22. The quantitative estimate of drug-likeness (QED) is 0.845. The SMILES string of the molecule is O=C(O)c1ncnc2c(Br)cccc12. The molecule has 0 atom stereocenters. The minimum Gasteiger partial charge on any atom is -0.476 e. The fourth-order valence-corrected chi connectivity index (χ4v) is 1.69. The van der Waals surface area contributed by atoms with Crippen molar-refractivity contribution in [2.45, 2.75) is 0 Å². The second kappa shape index (κ2) is 3.34. The number of hydrogen-bond donors (Lipinski definition) is 1. The normalized spacial score (nSPS) is 10.4. The number of rotatable bonds is 1. The maximum atomic E-state index is 10.8. The molecule has 0 aliphatic heterocycles. The number of halogens is 1. The van der Waals surface area contributed by atoms with E-state index >= 15 is 0 Å². The summed E-state index contributed by atoms with van der Waals surface area (Å²) in [6.45, 7) is 0. The van der Waals surface area contributed by atoms with Gasteiger partial charge in [0.1, 0.15) is 6.33 Å². The van der Waals surface area contributed by atoms with Crippen LogP contribution >= 0.6 is 15.9 Å². The summed E-state index contributed by atoms with van der Waals surface area (Å²) in [6.07, 6.45) is 1.25. The molecule has 0 radical (unpaired) electrons. The van der Waals surface area contributed by atoms with Crippen LogP contribution in [0.25, 0.3) is 10.9 Å². The number of aromatic nitrogens is 2. The molecule has 2 aromatic rings. The maximum absolute atomic E-state index is 10.8. The Bertz CT molecular complexity index is 513. The van der Waals surface area contributed by atoms with Crippen LogP contribution in [0.2, 0.25) is 0 Å². The Morgan fingerprint density at radius 1 is 1.36 bits per heavy atom. The summed E-state index contributed by atoms with van der Waals surface area (Å²) in [6, 6.07) is 5.24. The van der Waals surface area contributed by atoms with Crippen LogP contribution in [0, 0.1) is 0 Å². The van der Waals surface area contributed by atoms with E-state index in [2.05, 4.69) is 25.9 Å². The summed E-state index contributed by atoms with van der Waals surface area (Å²) >= 11 is 3.30. The van der Waals surface area contributed by atoms with Gasteiger partial charge in [-0.05, 0) is 22.0 Å². The van der Waals surface area contributed by atoms with Crippen molar-refractivity contribution in [2.24, 2.45) is 0 Å². The molecule has 0 unspecified atom stereocenters. The molecule has 70 valence electrons. The lowest BCUT2D eigenvalue weighted by atomic mass is 10.2. The molecule has 1 N–H and O–H groups in total. The molecular weight excluding hydrogens is 248 g/mol. The van der Waals surface area contributed by atoms with Crippen molar-refractivity contribution in [3.8, 4) is 0 Å². The molecule has 0 amide bonds. The number of benzene rings is 1. The average Bonchev–Trinajstić information content (AvgIpc) is 2.17. The van der Waals surface area contributed by atoms with Crippen molar-refractivity contribution in [1.82, 2.24) is 9.97 Å². The highest BCUT2D eigenvalue weighted by atomic mass is 79.9. The van der Waals surface area contributed by atoms with Crippen LogP contribution in [0.3, 0.4) is 0 Å². The Labute approximate surface area is 87.7 Å². The van der Waals surface area contributed by atoms with Gasteiger partial charge in [0.05, 0.1) is 5.52 Å². The zero-order chi connectivity index (χ0) is 10.1. The third kappa shape index (κ3) is 1.35. The van der Waals surface area contributed by atoms with E-state index in [9.17, 15) is 4.79 Å². The predicted molar refractivity (Wildman–Crippen MR) is 54.2 cm³/mol. The van der Waals surface area contributed by atoms with E-state index in [4.69, 9.17) is 5.11 Å². The van der Waals surface area contributed by atoms with Crippen molar-refractivity contribution < 1.29 is 9.90 Å². The third-order valence-corrected chi connectivity index (χ3v) is 2.46. The van der Waals surface area contributed by atoms with Crippen LogP contribution in [-0.4, -0.2) is 21.0 Å². The Kier molecular flexibility index (Phi) is 2.17. The van der Waals surface area contributed by atoms with Crippen molar-refractivity contribution in [1.29, 1.82) is 0 Å². The first kappa shape index (κ1) is 9.08. The van der Waals surface area contributed by atoms with E-state index in [-0.39, 0.29) is 5.69 Å². The van der Waals surface area contributed by atoms with E-state index in [0.717, 1.165) is 4.47 Å². The summed E-state index contributed by atoms with van der Waals surface area (Å²) in [5, 5.41) is 9.40. The van der Waals surface area contributed by atoms with Gasteiger partial charge in [0.15, 0.2) is 5.69 Å². The number of hydrogen-bond acceptors (Lipinski definition) is 3. The van der Waals surface area contributed by atoms with Crippen LogP contribution in [0.1, 0.15) is 10.5 Å². The number of aromatic carboxylic acids is 1. The van der Waals surface area contributed by atoms with Gasteiger partial charge in [-0.3, -0.25) is 0 Å². The lowest BCUT2D eigenvalue weighted by molar-refractivity contribution is 0.0692. The molecule has 14 heavy (non-hydrogen) atoms. The molecule has 0 saturated heterocycles. The highest BCUT2D eigenvalue weighted by molar-refractivity contribution is 9.10. The second-order valence-electron chi connectivity index (χ2n) is 2.66. The van der Waals surface area contributed by atoms with E-state index < -0.39 is 5.97 Å². The molecular formula is C9H5BrN2O2. The van der Waals surface area contributed by atoms with Crippen LogP contribution in [-0.2, 0) is 0 Å². The molecule has 0 saturated carbocycles. The van der Waals surface area contributed by atoms with Crippen molar-refractivity contribution in [2.75, 3.05) is 0 Å². The number of carboxylic acid groups (broad SMARTS) is 1. The van der Waals surface area contributed by atoms with Crippen LogP contribution in [0.4, 0.5) is 0 Å². The van der Waals surface area contributed by atoms with Crippen LogP contribution in [0.15, 0.2) is 29.0 Å². The third-order valence-electron chi connectivity index (χ3n) is 1.82. The van der Waals surface area contributed by atoms with Gasteiger partial charge in [-0.25, -0.2) is 14.8 Å². The van der Waals surface area contributed by atoms with E-state index in [1.54, 1.807) is 18.2 Å². The first-order chi connectivity index (χ1) is 6.70. The van der Waals surface area contributed by atoms with E-state index in [1.165, 1.54) is 6.33 Å². The van der Waals surface area contributed by atoms with Gasteiger partial charge in [0, 0.05) is 9.86 Å². The number of para-hydroxylation sites is 1. The number of carbonyl (C=O) groups is 1. The zero-order valence-corrected chi connectivity index (χ0v) is 8.52. The Morgan fingerprint density at radius 3 is 2.86 bits per heavy atom. The lowest BCUT2D eigenvalue weighted by Gasteiger charge is -2.01. The molecule has 2 rings (SSSR count). The summed E-state index contributed by atoms with van der Waals surface area (Å²) in [5.41, 5.74) is 0.635. The van der Waals surface area contributed by atoms with E-state index in [1.807, 2.05) is 0 Å². The first-order valence-electron chi connectivity index (χ1n) is 3.82. The van der Waals surface area contributed by atoms with Crippen molar-refractivity contribution in [3.63, 3.8) is 0 Å². The standard InChI is InChI=1S/C9H5BrN2O2/c10-6-3-1-2-5-7(6)11-4-12-8(5)9(13)14/h1-4H,(H,13,14). The van der Waals surface area contributed by atoms with Gasteiger partial charge >= 0.3 is 5.97 Å². The highest BCUT2D eigenvalue weighted by Gasteiger charge is 2.11. The molecule has 4 nitrogen and oxygen atoms in total. The zero-order valence-electron chi connectivity index (χ0n) is 6.94. The first-order valence-corrected chi connectivity index (χ1v) is 4.62. The van der Waals surface area contributed by atoms with Gasteiger partial charge in [-0.2, -0.15) is 0 Å². The molecule has 0 aliphatic carbocycles. The molecule has 1 aromatic carbocycles. The predicted octanol–water partition coefficient (Wildman–Crippen LogP) is 2.09. The molecule has 0 bridgehead atoms. The molecule has 5 heteroatoms. The minimum absolute atomic E-state index is 0.0244. The number of carboxylic acids is 1. The van der Waals surface area contributed by atoms with Crippen molar-refractivity contribution in [3.05, 3.63) is 34.7 Å². The Balaban J connectivity index is 2.88. The Hall–Kier alpha value is -1.49. The Morgan fingerprint density at radius 2 is 2.14 bits per heavy atom. The molecule has 0 spiro atoms. The molecule has 1 heterocycles. The van der Waals surface area contributed by atoms with E-state index in [0.29, 0.717) is 10.9 Å². The molecule has 1 aromatic heterocycles. The summed E-state index contributed by atoms with van der Waals surface area (Å²) in [4.78, 5) is 18.5. The van der Waals surface area contributed by atoms with Gasteiger partial charge in [0.25, 0.3) is 0 Å². The smallest absolute Gasteiger partial charge is 0.355 e. The van der Waals surface area contributed by atoms with Gasteiger partial charge in [0.2, 0.25) is 0 Å². The second-order valence-corrected chi connectivity index (χ2v) is 3.52. The van der Waals surface area contributed by atoms with Gasteiger partial charge < -0.3 is 5.11 Å². The maximum Gasteiger partial charge on any atom is 0.355 e. The number of nitrogens with zero attached hydrogens (tertiary/aromatic N) is 2. The molecule has 0 aliphatic rings. The molecule has 0 fully saturated rings. The van der Waals surface area contributed by atoms with Gasteiger partial charge in [-0.15, -0.1) is 0 Å². The van der Waals surface area contributed by atoms with Crippen LogP contribution < -0.4 is 0 Å². The topological polar surface area (TPSA) is 63.1 Å².